The summed E-state index contributed by atoms with van der Waals surface area (Å²) >= 11 is 0. The largest absolute Gasteiger partial charge is 0.493 e. The lowest BCUT2D eigenvalue weighted by molar-refractivity contribution is -0.137. The minimum atomic E-state index is -4.46. The molecular formula is C33H49F3N2O5. The average Bonchev–Trinajstić information content (AvgIpc) is 2.95. The van der Waals surface area contributed by atoms with E-state index in [4.69, 9.17) is 19.9 Å². The van der Waals surface area contributed by atoms with Gasteiger partial charge in [-0.05, 0) is 72.4 Å². The fraction of sp³-hybridized carbons (Fsp3) is 0.606. The summed E-state index contributed by atoms with van der Waals surface area (Å²) in [6.45, 7) is 9.06. The van der Waals surface area contributed by atoms with Gasteiger partial charge in [0.25, 0.3) is 0 Å². The fourth-order valence-corrected chi connectivity index (χ4v) is 5.04. The second-order valence-electron chi connectivity index (χ2n) is 11.9. The summed E-state index contributed by atoms with van der Waals surface area (Å²) in [5.41, 5.74) is 7.16. The van der Waals surface area contributed by atoms with Crippen molar-refractivity contribution < 1.29 is 37.3 Å². The quantitative estimate of drug-likeness (QED) is 0.179. The van der Waals surface area contributed by atoms with Gasteiger partial charge in [-0.2, -0.15) is 13.2 Å². The van der Waals surface area contributed by atoms with Crippen LogP contribution in [0.5, 0.6) is 11.5 Å². The van der Waals surface area contributed by atoms with Crippen LogP contribution in [0.2, 0.25) is 0 Å². The number of aliphatic hydroxyl groups is 1. The second kappa shape index (κ2) is 17.5. The van der Waals surface area contributed by atoms with Gasteiger partial charge >= 0.3 is 6.18 Å². The SMILES string of the molecule is COCCCOc1cc(C[C@@H](C[C@H](N)[C@@H](O)C[C@H](C(=O)NCc2cccc(C(F)(F)F)c2)C(C)C)C(C)C)ccc1OC. The van der Waals surface area contributed by atoms with Crippen molar-refractivity contribution in [3.05, 3.63) is 59.2 Å². The van der Waals surface area contributed by atoms with Crippen molar-refractivity contribution in [1.29, 1.82) is 0 Å². The predicted octanol–water partition coefficient (Wildman–Crippen LogP) is 6.00. The lowest BCUT2D eigenvalue weighted by Gasteiger charge is -2.30. The van der Waals surface area contributed by atoms with Crippen LogP contribution in [0, 0.1) is 23.7 Å². The molecule has 7 nitrogen and oxygen atoms in total. The third kappa shape index (κ3) is 12.0. The number of ether oxygens (including phenoxy) is 3. The number of benzene rings is 2. The number of rotatable bonds is 18. The zero-order valence-corrected chi connectivity index (χ0v) is 26.2. The molecule has 0 saturated carbocycles. The van der Waals surface area contributed by atoms with Gasteiger partial charge in [-0.1, -0.05) is 45.9 Å². The highest BCUT2D eigenvalue weighted by atomic mass is 19.4. The second-order valence-corrected chi connectivity index (χ2v) is 11.9. The Bertz CT molecular complexity index is 1130. The summed E-state index contributed by atoms with van der Waals surface area (Å²) in [6.07, 6.45) is -3.20. The van der Waals surface area contributed by atoms with Gasteiger partial charge in [-0.15, -0.1) is 0 Å². The Hall–Kier alpha value is -2.82. The minimum absolute atomic E-state index is 0.0382. The molecule has 0 aliphatic rings. The van der Waals surface area contributed by atoms with E-state index in [0.29, 0.717) is 36.7 Å². The van der Waals surface area contributed by atoms with Crippen LogP contribution in [0.3, 0.4) is 0 Å². The number of nitrogens with one attached hydrogen (secondary N) is 1. The number of hydrogen-bond acceptors (Lipinski definition) is 6. The molecule has 0 aliphatic carbocycles. The summed E-state index contributed by atoms with van der Waals surface area (Å²) < 4.78 is 55.7. The molecule has 0 radical (unpaired) electrons. The number of carbonyl (C=O) groups is 1. The molecule has 4 atom stereocenters. The van der Waals surface area contributed by atoms with Crippen LogP contribution in [-0.2, 0) is 28.7 Å². The van der Waals surface area contributed by atoms with Gasteiger partial charge in [0.15, 0.2) is 11.5 Å². The molecule has 0 aliphatic heterocycles. The molecular weight excluding hydrogens is 561 g/mol. The van der Waals surface area contributed by atoms with E-state index in [-0.39, 0.29) is 36.6 Å². The van der Waals surface area contributed by atoms with Gasteiger partial charge in [-0.25, -0.2) is 0 Å². The first-order valence-corrected chi connectivity index (χ1v) is 14.9. The van der Waals surface area contributed by atoms with Crippen LogP contribution in [0.1, 0.15) is 63.6 Å². The molecule has 0 unspecified atom stereocenters. The monoisotopic (exact) mass is 610 g/mol. The first-order valence-electron chi connectivity index (χ1n) is 14.9. The van der Waals surface area contributed by atoms with Crippen LogP contribution >= 0.6 is 0 Å². The van der Waals surface area contributed by atoms with E-state index in [2.05, 4.69) is 19.2 Å². The zero-order valence-electron chi connectivity index (χ0n) is 26.2. The van der Waals surface area contributed by atoms with Crippen molar-refractivity contribution in [2.45, 2.75) is 78.2 Å². The van der Waals surface area contributed by atoms with Crippen molar-refractivity contribution >= 4 is 5.91 Å². The predicted molar refractivity (Wildman–Crippen MR) is 162 cm³/mol. The summed E-state index contributed by atoms with van der Waals surface area (Å²) in [6, 6.07) is 10.2. The molecule has 0 aromatic heterocycles. The maximum absolute atomic E-state index is 13.1. The van der Waals surface area contributed by atoms with E-state index in [1.165, 1.54) is 12.1 Å². The van der Waals surface area contributed by atoms with Gasteiger partial charge < -0.3 is 30.4 Å². The first kappa shape index (κ1) is 36.4. The fourth-order valence-electron chi connectivity index (χ4n) is 5.04. The van der Waals surface area contributed by atoms with Crippen molar-refractivity contribution in [2.75, 3.05) is 27.4 Å². The highest BCUT2D eigenvalue weighted by Gasteiger charge is 2.31. The van der Waals surface area contributed by atoms with E-state index in [0.717, 1.165) is 30.5 Å². The van der Waals surface area contributed by atoms with E-state index in [1.807, 2.05) is 32.0 Å². The Kier molecular flexibility index (Phi) is 14.8. The Morgan fingerprint density at radius 1 is 0.953 bits per heavy atom. The maximum atomic E-state index is 13.1. The molecule has 0 heterocycles. The molecule has 10 heteroatoms. The number of alkyl halides is 3. The standard InChI is InChI=1S/C33H49F3N2O5/c1-21(2)25(15-23-11-12-30(42-6)31(17-23)43-14-8-13-41-5)18-28(37)29(39)19-27(22(3)4)32(40)38-20-24-9-7-10-26(16-24)33(34,35)36/h7,9-12,16-17,21-22,25,27-29,39H,8,13-15,18-20,37H2,1-6H3,(H,38,40)/t25-,27-,28-,29-/m0/s1. The number of nitrogens with two attached hydrogens (primary N) is 1. The highest BCUT2D eigenvalue weighted by Crippen LogP contribution is 2.32. The lowest BCUT2D eigenvalue weighted by atomic mass is 9.81. The number of methoxy groups -OCH3 is 2. The summed E-state index contributed by atoms with van der Waals surface area (Å²) in [7, 11) is 3.25. The van der Waals surface area contributed by atoms with Crippen LogP contribution in [0.4, 0.5) is 13.2 Å². The normalized spacial score (nSPS) is 14.8. The van der Waals surface area contributed by atoms with Gasteiger partial charge in [0.05, 0.1) is 25.4 Å². The number of hydrogen-bond donors (Lipinski definition) is 3. The van der Waals surface area contributed by atoms with E-state index in [9.17, 15) is 23.1 Å². The molecule has 2 aromatic rings. The van der Waals surface area contributed by atoms with Gasteiger partial charge in [0, 0.05) is 38.6 Å². The van der Waals surface area contributed by atoms with Gasteiger partial charge in [0.1, 0.15) is 0 Å². The summed E-state index contributed by atoms with van der Waals surface area (Å²) in [5, 5.41) is 13.8. The van der Waals surface area contributed by atoms with Crippen molar-refractivity contribution in [2.24, 2.45) is 29.4 Å². The molecule has 0 bridgehead atoms. The molecule has 2 aromatic carbocycles. The van der Waals surface area contributed by atoms with Crippen LogP contribution in [-0.4, -0.2) is 50.6 Å². The van der Waals surface area contributed by atoms with Crippen molar-refractivity contribution in [3.8, 4) is 11.5 Å². The van der Waals surface area contributed by atoms with Crippen LogP contribution < -0.4 is 20.5 Å². The molecule has 1 amide bonds. The number of carbonyl (C=O) groups excluding carboxylic acids is 1. The van der Waals surface area contributed by atoms with Crippen molar-refractivity contribution in [1.82, 2.24) is 5.32 Å². The zero-order chi connectivity index (χ0) is 32.2. The van der Waals surface area contributed by atoms with Crippen molar-refractivity contribution in [3.63, 3.8) is 0 Å². The minimum Gasteiger partial charge on any atom is -0.493 e. The molecule has 0 fully saturated rings. The van der Waals surface area contributed by atoms with Crippen LogP contribution in [0.25, 0.3) is 0 Å². The third-order valence-corrected chi connectivity index (χ3v) is 7.85. The molecule has 0 saturated heterocycles. The number of halogens is 3. The van der Waals surface area contributed by atoms with E-state index < -0.39 is 29.8 Å². The molecule has 242 valence electrons. The van der Waals surface area contributed by atoms with Gasteiger partial charge in [0.2, 0.25) is 5.91 Å². The highest BCUT2D eigenvalue weighted by molar-refractivity contribution is 5.78. The topological polar surface area (TPSA) is 103 Å². The Morgan fingerprint density at radius 3 is 2.28 bits per heavy atom. The Morgan fingerprint density at radius 2 is 1.67 bits per heavy atom. The summed E-state index contributed by atoms with van der Waals surface area (Å²) in [4.78, 5) is 13.1. The summed E-state index contributed by atoms with van der Waals surface area (Å²) in [5.74, 6) is 0.777. The smallest absolute Gasteiger partial charge is 0.416 e. The third-order valence-electron chi connectivity index (χ3n) is 7.85. The lowest BCUT2D eigenvalue weighted by Crippen LogP contribution is -2.42. The van der Waals surface area contributed by atoms with E-state index in [1.54, 1.807) is 14.2 Å². The molecule has 2 rings (SSSR count). The molecule has 43 heavy (non-hydrogen) atoms. The van der Waals surface area contributed by atoms with E-state index >= 15 is 0 Å². The Balaban J connectivity index is 2.02. The molecule has 0 spiro atoms. The maximum Gasteiger partial charge on any atom is 0.416 e. The van der Waals surface area contributed by atoms with Gasteiger partial charge in [-0.3, -0.25) is 4.79 Å². The Labute approximate surface area is 254 Å². The number of aliphatic hydroxyl groups excluding tert-OH is 1. The van der Waals surface area contributed by atoms with Crippen LogP contribution in [0.15, 0.2) is 42.5 Å². The number of amides is 1. The first-order chi connectivity index (χ1) is 20.3. The molecule has 4 N–H and O–H groups in total. The average molecular weight is 611 g/mol.